The second-order valence-corrected chi connectivity index (χ2v) is 5.51. The first-order valence-corrected chi connectivity index (χ1v) is 7.49. The Balaban J connectivity index is 2.00. The van der Waals surface area contributed by atoms with Crippen molar-refractivity contribution in [3.63, 3.8) is 0 Å². The van der Waals surface area contributed by atoms with Crippen molar-refractivity contribution in [3.05, 3.63) is 75.9 Å². The van der Waals surface area contributed by atoms with Crippen molar-refractivity contribution in [2.75, 3.05) is 5.32 Å². The van der Waals surface area contributed by atoms with Gasteiger partial charge in [-0.25, -0.2) is 0 Å². The second-order valence-electron chi connectivity index (χ2n) is 4.64. The maximum Gasteiger partial charge on any atom is 0.263 e. The molecule has 0 unspecified atom stereocenters. The van der Waals surface area contributed by atoms with Crippen LogP contribution < -0.4 is 10.6 Å². The summed E-state index contributed by atoms with van der Waals surface area (Å²) in [4.78, 5) is 12.0. The van der Waals surface area contributed by atoms with E-state index in [-0.39, 0.29) is 5.57 Å². The highest BCUT2D eigenvalue weighted by atomic mass is 35.5. The van der Waals surface area contributed by atoms with Gasteiger partial charge in [-0.15, -0.1) is 0 Å². The topological polar surface area (TPSA) is 64.9 Å². The number of carbonyl (C=O) groups excluding carboxylic acids is 1. The predicted molar refractivity (Wildman–Crippen MR) is 92.1 cm³/mol. The van der Waals surface area contributed by atoms with E-state index >= 15 is 0 Å². The van der Waals surface area contributed by atoms with Gasteiger partial charge in [0.2, 0.25) is 0 Å². The smallest absolute Gasteiger partial charge is 0.263 e. The minimum absolute atomic E-state index is 0.0444. The zero-order valence-corrected chi connectivity index (χ0v) is 13.5. The van der Waals surface area contributed by atoms with Crippen LogP contribution in [0.3, 0.4) is 0 Å². The molecule has 0 spiro atoms. The summed E-state index contributed by atoms with van der Waals surface area (Å²) in [5, 5.41) is 15.6. The SMILES string of the molecule is N#C/C(=C\Nc1cc(Cl)cc(Cl)c1)C(=O)NCc1ccccc1. The summed E-state index contributed by atoms with van der Waals surface area (Å²) in [5.74, 6) is -0.461. The van der Waals surface area contributed by atoms with E-state index in [0.717, 1.165) is 5.56 Å². The number of nitrogens with zero attached hydrogens (tertiary/aromatic N) is 1. The fraction of sp³-hybridized carbons (Fsp3) is 0.0588. The molecule has 0 aliphatic heterocycles. The first-order chi connectivity index (χ1) is 11.1. The fourth-order valence-electron chi connectivity index (χ4n) is 1.81. The number of nitrogens with one attached hydrogen (secondary N) is 2. The highest BCUT2D eigenvalue weighted by Gasteiger charge is 2.08. The fourth-order valence-corrected chi connectivity index (χ4v) is 2.34. The van der Waals surface area contributed by atoms with Gasteiger partial charge in [0.25, 0.3) is 5.91 Å². The summed E-state index contributed by atoms with van der Waals surface area (Å²) in [6.45, 7) is 0.349. The molecule has 0 bridgehead atoms. The van der Waals surface area contributed by atoms with Gasteiger partial charge in [0.1, 0.15) is 11.6 Å². The molecule has 23 heavy (non-hydrogen) atoms. The van der Waals surface area contributed by atoms with E-state index in [9.17, 15) is 4.79 Å². The Labute approximate surface area is 144 Å². The molecule has 0 saturated heterocycles. The van der Waals surface area contributed by atoms with Crippen LogP contribution in [0.1, 0.15) is 5.56 Å². The maximum atomic E-state index is 12.0. The molecule has 0 aliphatic carbocycles. The molecule has 0 aliphatic rings. The summed E-state index contributed by atoms with van der Waals surface area (Å²) in [6, 6.07) is 16.2. The van der Waals surface area contributed by atoms with Gasteiger partial charge in [-0.1, -0.05) is 53.5 Å². The molecule has 116 valence electrons. The van der Waals surface area contributed by atoms with Crippen LogP contribution in [0.2, 0.25) is 10.0 Å². The zero-order chi connectivity index (χ0) is 16.7. The minimum atomic E-state index is -0.461. The van der Waals surface area contributed by atoms with Crippen LogP contribution in [-0.4, -0.2) is 5.91 Å². The molecule has 2 N–H and O–H groups in total. The quantitative estimate of drug-likeness (QED) is 0.632. The highest BCUT2D eigenvalue weighted by molar-refractivity contribution is 6.35. The van der Waals surface area contributed by atoms with Gasteiger partial charge in [0.15, 0.2) is 0 Å². The summed E-state index contributed by atoms with van der Waals surface area (Å²) in [5.41, 5.74) is 1.50. The number of carbonyl (C=O) groups is 1. The highest BCUT2D eigenvalue weighted by Crippen LogP contribution is 2.22. The van der Waals surface area contributed by atoms with Crippen LogP contribution in [0.15, 0.2) is 60.3 Å². The standard InChI is InChI=1S/C17H13Cl2N3O/c18-14-6-15(19)8-16(7-14)21-11-13(9-20)17(23)22-10-12-4-2-1-3-5-12/h1-8,11,21H,10H2,(H,22,23)/b13-11+. The predicted octanol–water partition coefficient (Wildman–Crippen LogP) is 4.13. The van der Waals surface area contributed by atoms with E-state index < -0.39 is 5.91 Å². The second kappa shape index (κ2) is 8.23. The number of benzene rings is 2. The minimum Gasteiger partial charge on any atom is -0.360 e. The molecule has 0 radical (unpaired) electrons. The van der Waals surface area contributed by atoms with Gasteiger partial charge in [0, 0.05) is 28.5 Å². The van der Waals surface area contributed by atoms with Crippen LogP contribution in [0, 0.1) is 11.3 Å². The molecule has 4 nitrogen and oxygen atoms in total. The molecule has 2 rings (SSSR count). The summed E-state index contributed by atoms with van der Waals surface area (Å²) < 4.78 is 0. The number of anilines is 1. The molecule has 2 aromatic carbocycles. The molecule has 0 aromatic heterocycles. The Morgan fingerprint density at radius 3 is 2.39 bits per heavy atom. The van der Waals surface area contributed by atoms with Crippen molar-refractivity contribution in [2.45, 2.75) is 6.54 Å². The Morgan fingerprint density at radius 2 is 1.78 bits per heavy atom. The molecule has 1 amide bonds. The molecular weight excluding hydrogens is 333 g/mol. The zero-order valence-electron chi connectivity index (χ0n) is 12.0. The van der Waals surface area contributed by atoms with E-state index in [0.29, 0.717) is 22.3 Å². The first kappa shape index (κ1) is 16.9. The Morgan fingerprint density at radius 1 is 1.13 bits per heavy atom. The lowest BCUT2D eigenvalue weighted by molar-refractivity contribution is -0.117. The largest absolute Gasteiger partial charge is 0.360 e. The van der Waals surface area contributed by atoms with Crippen LogP contribution >= 0.6 is 23.2 Å². The van der Waals surface area contributed by atoms with Gasteiger partial charge in [-0.3, -0.25) is 4.79 Å². The molecule has 0 saturated carbocycles. The summed E-state index contributed by atoms with van der Waals surface area (Å²) in [6.07, 6.45) is 1.32. The molecule has 6 heteroatoms. The Hall–Kier alpha value is -2.48. The maximum absolute atomic E-state index is 12.0. The van der Waals surface area contributed by atoms with Crippen LogP contribution in [-0.2, 0) is 11.3 Å². The first-order valence-electron chi connectivity index (χ1n) is 6.73. The third-order valence-electron chi connectivity index (χ3n) is 2.91. The summed E-state index contributed by atoms with van der Waals surface area (Å²) in [7, 11) is 0. The Bertz CT molecular complexity index is 747. The van der Waals surface area contributed by atoms with Crippen molar-refractivity contribution in [2.24, 2.45) is 0 Å². The molecular formula is C17H13Cl2N3O. The third-order valence-corrected chi connectivity index (χ3v) is 3.34. The van der Waals surface area contributed by atoms with Crippen molar-refractivity contribution in [1.82, 2.24) is 5.32 Å². The number of hydrogen-bond donors (Lipinski definition) is 2. The number of nitriles is 1. The molecule has 0 atom stereocenters. The average Bonchev–Trinajstić information content (AvgIpc) is 2.53. The lowest BCUT2D eigenvalue weighted by Gasteiger charge is -2.06. The number of rotatable bonds is 5. The molecule has 0 fully saturated rings. The Kier molecular flexibility index (Phi) is 6.04. The number of hydrogen-bond acceptors (Lipinski definition) is 3. The third kappa shape index (κ3) is 5.33. The van der Waals surface area contributed by atoms with E-state index in [1.807, 2.05) is 36.4 Å². The van der Waals surface area contributed by atoms with Gasteiger partial charge < -0.3 is 10.6 Å². The molecule has 2 aromatic rings. The van der Waals surface area contributed by atoms with Crippen LogP contribution in [0.25, 0.3) is 0 Å². The lowest BCUT2D eigenvalue weighted by Crippen LogP contribution is -2.24. The van der Waals surface area contributed by atoms with Crippen LogP contribution in [0.4, 0.5) is 5.69 Å². The van der Waals surface area contributed by atoms with E-state index in [1.165, 1.54) is 6.20 Å². The average molecular weight is 346 g/mol. The normalized spacial score (nSPS) is 10.7. The van der Waals surface area contributed by atoms with Crippen molar-refractivity contribution < 1.29 is 4.79 Å². The number of amides is 1. The summed E-state index contributed by atoms with van der Waals surface area (Å²) >= 11 is 11.8. The van der Waals surface area contributed by atoms with Gasteiger partial charge in [-0.2, -0.15) is 5.26 Å². The van der Waals surface area contributed by atoms with E-state index in [1.54, 1.807) is 18.2 Å². The monoisotopic (exact) mass is 345 g/mol. The lowest BCUT2D eigenvalue weighted by atomic mass is 10.2. The van der Waals surface area contributed by atoms with Gasteiger partial charge >= 0.3 is 0 Å². The van der Waals surface area contributed by atoms with Crippen molar-refractivity contribution in [1.29, 1.82) is 5.26 Å². The van der Waals surface area contributed by atoms with E-state index in [4.69, 9.17) is 28.5 Å². The van der Waals surface area contributed by atoms with E-state index in [2.05, 4.69) is 10.6 Å². The molecule has 0 heterocycles. The van der Waals surface area contributed by atoms with Gasteiger partial charge in [0.05, 0.1) is 0 Å². The van der Waals surface area contributed by atoms with Crippen molar-refractivity contribution in [3.8, 4) is 6.07 Å². The number of halogens is 2. The van der Waals surface area contributed by atoms with Crippen molar-refractivity contribution >= 4 is 34.8 Å². The van der Waals surface area contributed by atoms with Crippen LogP contribution in [0.5, 0.6) is 0 Å². The van der Waals surface area contributed by atoms with Gasteiger partial charge in [-0.05, 0) is 23.8 Å².